The molecular formula is C21H21BrClFN2O3. The van der Waals surface area contributed by atoms with Gasteiger partial charge in [0.25, 0.3) is 5.56 Å². The molecule has 3 aromatic rings. The third-order valence-electron chi connectivity index (χ3n) is 5.25. The Hall–Kier alpha value is -1.96. The summed E-state index contributed by atoms with van der Waals surface area (Å²) in [6, 6.07) is 9.89. The highest BCUT2D eigenvalue weighted by Gasteiger charge is 2.29. The number of hydrogen-bond donors (Lipinski definition) is 1. The first kappa shape index (κ1) is 21.7. The highest BCUT2D eigenvalue weighted by atomic mass is 79.9. The molecule has 0 saturated heterocycles. The summed E-state index contributed by atoms with van der Waals surface area (Å²) in [5, 5.41) is 10.6. The van der Waals surface area contributed by atoms with E-state index >= 15 is 0 Å². The van der Waals surface area contributed by atoms with Gasteiger partial charge in [0, 0.05) is 4.47 Å². The molecule has 0 aliphatic carbocycles. The van der Waals surface area contributed by atoms with Gasteiger partial charge < -0.3 is 5.11 Å². The lowest BCUT2D eigenvalue weighted by atomic mass is 9.92. The summed E-state index contributed by atoms with van der Waals surface area (Å²) in [7, 11) is 0. The molecule has 3 rings (SSSR count). The molecule has 0 radical (unpaired) electrons. The zero-order valence-electron chi connectivity index (χ0n) is 16.2. The van der Waals surface area contributed by atoms with Crippen molar-refractivity contribution < 1.29 is 9.50 Å². The second-order valence-electron chi connectivity index (χ2n) is 7.66. The van der Waals surface area contributed by atoms with E-state index in [2.05, 4.69) is 15.9 Å². The Balaban J connectivity index is 2.31. The van der Waals surface area contributed by atoms with Gasteiger partial charge in [-0.25, -0.2) is 9.18 Å². The number of aromatic nitrogens is 2. The van der Waals surface area contributed by atoms with Gasteiger partial charge in [-0.05, 0) is 42.7 Å². The predicted molar refractivity (Wildman–Crippen MR) is 116 cm³/mol. The van der Waals surface area contributed by atoms with Crippen molar-refractivity contribution in [2.75, 3.05) is 0 Å². The summed E-state index contributed by atoms with van der Waals surface area (Å²) >= 11 is 9.27. The fraction of sp³-hybridized carbons (Fsp3) is 0.333. The maximum Gasteiger partial charge on any atom is 0.331 e. The smallest absolute Gasteiger partial charge is 0.331 e. The SMILES string of the molecule is CC(C)C(C)(O)Cn1c(=O)n(Cc2ccc(Br)cc2)c(=O)c2ccc(Cl)c(F)c21. The Labute approximate surface area is 180 Å². The summed E-state index contributed by atoms with van der Waals surface area (Å²) in [5.74, 6) is -1.06. The van der Waals surface area contributed by atoms with Crippen LogP contribution in [0.5, 0.6) is 0 Å². The van der Waals surface area contributed by atoms with Crippen LogP contribution in [0, 0.1) is 11.7 Å². The normalized spacial score (nSPS) is 13.8. The molecule has 0 aliphatic rings. The maximum absolute atomic E-state index is 14.9. The second kappa shape index (κ2) is 8.05. The third kappa shape index (κ3) is 4.17. The van der Waals surface area contributed by atoms with Crippen LogP contribution in [0.2, 0.25) is 5.02 Å². The van der Waals surface area contributed by atoms with Gasteiger partial charge in [-0.15, -0.1) is 0 Å². The summed E-state index contributed by atoms with van der Waals surface area (Å²) in [6.45, 7) is 5.01. The van der Waals surface area contributed by atoms with Crippen molar-refractivity contribution in [1.29, 1.82) is 0 Å². The summed E-state index contributed by atoms with van der Waals surface area (Å²) in [6.07, 6.45) is 0. The molecule has 0 bridgehead atoms. The minimum Gasteiger partial charge on any atom is -0.388 e. The largest absolute Gasteiger partial charge is 0.388 e. The zero-order chi connectivity index (χ0) is 21.5. The first-order valence-corrected chi connectivity index (χ1v) is 10.3. The van der Waals surface area contributed by atoms with Crippen LogP contribution in [-0.2, 0) is 13.1 Å². The highest BCUT2D eigenvalue weighted by Crippen LogP contribution is 2.25. The third-order valence-corrected chi connectivity index (χ3v) is 6.07. The molecule has 1 N–H and O–H groups in total. The summed E-state index contributed by atoms with van der Waals surface area (Å²) in [4.78, 5) is 26.2. The lowest BCUT2D eigenvalue weighted by Crippen LogP contribution is -2.46. The Morgan fingerprint density at radius 3 is 2.34 bits per heavy atom. The number of fused-ring (bicyclic) bond motifs is 1. The topological polar surface area (TPSA) is 64.2 Å². The van der Waals surface area contributed by atoms with E-state index < -0.39 is 22.7 Å². The van der Waals surface area contributed by atoms with E-state index in [-0.39, 0.29) is 34.9 Å². The van der Waals surface area contributed by atoms with Crippen molar-refractivity contribution in [2.24, 2.45) is 5.92 Å². The van der Waals surface area contributed by atoms with E-state index in [0.29, 0.717) is 0 Å². The fourth-order valence-corrected chi connectivity index (χ4v) is 3.43. The quantitative estimate of drug-likeness (QED) is 0.592. The molecule has 1 unspecified atom stereocenters. The van der Waals surface area contributed by atoms with Crippen LogP contribution in [0.1, 0.15) is 26.3 Å². The minimum absolute atomic E-state index is 0.0228. The van der Waals surface area contributed by atoms with Gasteiger partial charge in [-0.2, -0.15) is 0 Å². The Bertz CT molecular complexity index is 1180. The highest BCUT2D eigenvalue weighted by molar-refractivity contribution is 9.10. The average Bonchev–Trinajstić information content (AvgIpc) is 2.66. The summed E-state index contributed by atoms with van der Waals surface area (Å²) < 4.78 is 17.9. The van der Waals surface area contributed by atoms with Gasteiger partial charge in [0.1, 0.15) is 0 Å². The van der Waals surface area contributed by atoms with Crippen LogP contribution < -0.4 is 11.2 Å². The van der Waals surface area contributed by atoms with Crippen LogP contribution in [0.3, 0.4) is 0 Å². The molecule has 0 saturated carbocycles. The van der Waals surface area contributed by atoms with E-state index in [1.165, 1.54) is 12.1 Å². The van der Waals surface area contributed by atoms with Crippen LogP contribution in [0.4, 0.5) is 4.39 Å². The first-order valence-electron chi connectivity index (χ1n) is 9.11. The number of hydrogen-bond acceptors (Lipinski definition) is 3. The van der Waals surface area contributed by atoms with Crippen molar-refractivity contribution in [1.82, 2.24) is 9.13 Å². The molecular weight excluding hydrogens is 463 g/mol. The number of nitrogens with zero attached hydrogens (tertiary/aromatic N) is 2. The second-order valence-corrected chi connectivity index (χ2v) is 8.98. The molecule has 1 aromatic heterocycles. The van der Waals surface area contributed by atoms with Gasteiger partial charge in [-0.1, -0.05) is 53.5 Å². The van der Waals surface area contributed by atoms with Gasteiger partial charge in [-0.3, -0.25) is 13.9 Å². The van der Waals surface area contributed by atoms with E-state index in [9.17, 15) is 19.1 Å². The zero-order valence-corrected chi connectivity index (χ0v) is 18.6. The van der Waals surface area contributed by atoms with Crippen molar-refractivity contribution in [3.05, 3.63) is 78.1 Å². The minimum atomic E-state index is -1.30. The number of aliphatic hydroxyl groups is 1. The number of halogens is 3. The molecule has 5 nitrogen and oxygen atoms in total. The van der Waals surface area contributed by atoms with Crippen molar-refractivity contribution >= 4 is 38.4 Å². The van der Waals surface area contributed by atoms with Crippen LogP contribution in [-0.4, -0.2) is 19.8 Å². The van der Waals surface area contributed by atoms with Gasteiger partial charge >= 0.3 is 5.69 Å². The maximum atomic E-state index is 14.9. The molecule has 1 atom stereocenters. The fourth-order valence-electron chi connectivity index (χ4n) is 3.01. The average molecular weight is 484 g/mol. The molecule has 0 spiro atoms. The Morgan fingerprint density at radius 1 is 1.14 bits per heavy atom. The first-order chi connectivity index (χ1) is 13.5. The Morgan fingerprint density at radius 2 is 1.76 bits per heavy atom. The molecule has 0 fully saturated rings. The number of rotatable bonds is 5. The van der Waals surface area contributed by atoms with Crippen molar-refractivity contribution in [2.45, 2.75) is 39.5 Å². The molecule has 0 aliphatic heterocycles. The van der Waals surface area contributed by atoms with E-state index in [4.69, 9.17) is 11.6 Å². The molecule has 29 heavy (non-hydrogen) atoms. The van der Waals surface area contributed by atoms with Gasteiger partial charge in [0.15, 0.2) is 5.82 Å². The summed E-state index contributed by atoms with van der Waals surface area (Å²) in [5.41, 5.74) is -2.06. The molecule has 0 amide bonds. The lowest BCUT2D eigenvalue weighted by molar-refractivity contribution is -0.00313. The predicted octanol–water partition coefficient (Wildman–Crippen LogP) is 4.17. The lowest BCUT2D eigenvalue weighted by Gasteiger charge is -2.29. The van der Waals surface area contributed by atoms with Crippen molar-refractivity contribution in [3.8, 4) is 0 Å². The van der Waals surface area contributed by atoms with Gasteiger partial charge in [0.2, 0.25) is 0 Å². The van der Waals surface area contributed by atoms with E-state index in [1.807, 2.05) is 12.1 Å². The standard InChI is InChI=1S/C21H21BrClFN2O3/c1-12(2)21(3,29)11-26-18-15(8-9-16(23)17(18)24)19(27)25(20(26)28)10-13-4-6-14(22)7-5-13/h4-9,12,29H,10-11H2,1-3H3. The Kier molecular flexibility index (Phi) is 6.03. The molecule has 1 heterocycles. The molecule has 8 heteroatoms. The van der Waals surface area contributed by atoms with Crippen LogP contribution in [0.25, 0.3) is 10.9 Å². The van der Waals surface area contributed by atoms with Gasteiger partial charge in [0.05, 0.1) is 34.6 Å². The molecule has 2 aromatic carbocycles. The van der Waals surface area contributed by atoms with Crippen LogP contribution in [0.15, 0.2) is 50.5 Å². The monoisotopic (exact) mass is 482 g/mol. The van der Waals surface area contributed by atoms with Crippen LogP contribution >= 0.6 is 27.5 Å². The van der Waals surface area contributed by atoms with Crippen molar-refractivity contribution in [3.63, 3.8) is 0 Å². The van der Waals surface area contributed by atoms with E-state index in [0.717, 1.165) is 19.2 Å². The molecule has 154 valence electrons. The van der Waals surface area contributed by atoms with E-state index in [1.54, 1.807) is 32.9 Å². The number of benzene rings is 2.